The van der Waals surface area contributed by atoms with Gasteiger partial charge in [0.05, 0.1) is 16.4 Å². The maximum absolute atomic E-state index is 5.26. The van der Waals surface area contributed by atoms with E-state index in [1.807, 2.05) is 6.92 Å². The fraction of sp³-hybridized carbons (Fsp3) is 0.250. The number of halogens is 1. The van der Waals surface area contributed by atoms with Crippen molar-refractivity contribution >= 4 is 15.9 Å². The Morgan fingerprint density at radius 1 is 1.88 bits per heavy atom. The molecule has 1 aromatic heterocycles. The summed E-state index contributed by atoms with van der Waals surface area (Å²) in [6.45, 7) is 1.88. The van der Waals surface area contributed by atoms with Crippen molar-refractivity contribution in [3.63, 3.8) is 0 Å². The first-order valence-electron chi connectivity index (χ1n) is 2.17. The summed E-state index contributed by atoms with van der Waals surface area (Å²) in [5, 5.41) is 3.86. The van der Waals surface area contributed by atoms with Gasteiger partial charge < -0.3 is 5.84 Å². The zero-order valence-corrected chi connectivity index (χ0v) is 6.01. The smallest absolute Gasteiger partial charge is 0.0756 e. The number of nitrogens with zero attached hydrogens (tertiary/aromatic N) is 2. The Balaban J connectivity index is 3.14. The molecule has 0 aliphatic heterocycles. The van der Waals surface area contributed by atoms with Gasteiger partial charge >= 0.3 is 0 Å². The second-order valence-corrected chi connectivity index (χ2v) is 2.40. The third-order valence-electron chi connectivity index (χ3n) is 0.857. The van der Waals surface area contributed by atoms with Crippen LogP contribution in [0.3, 0.4) is 0 Å². The van der Waals surface area contributed by atoms with Crippen LogP contribution in [0.2, 0.25) is 0 Å². The first-order valence-corrected chi connectivity index (χ1v) is 2.96. The van der Waals surface area contributed by atoms with Crippen LogP contribution in [0.25, 0.3) is 0 Å². The molecule has 0 fully saturated rings. The number of aromatic nitrogens is 2. The highest BCUT2D eigenvalue weighted by molar-refractivity contribution is 9.10. The van der Waals surface area contributed by atoms with E-state index in [1.54, 1.807) is 6.20 Å². The summed E-state index contributed by atoms with van der Waals surface area (Å²) in [6.07, 6.45) is 1.70. The topological polar surface area (TPSA) is 43.8 Å². The highest BCUT2D eigenvalue weighted by Crippen LogP contribution is 2.10. The molecule has 1 aromatic rings. The molecule has 1 rings (SSSR count). The van der Waals surface area contributed by atoms with Crippen LogP contribution in [-0.4, -0.2) is 9.89 Å². The Morgan fingerprint density at radius 3 is 2.62 bits per heavy atom. The van der Waals surface area contributed by atoms with Gasteiger partial charge in [-0.1, -0.05) is 0 Å². The lowest BCUT2D eigenvalue weighted by atomic mass is 10.5. The minimum atomic E-state index is 0.910. The van der Waals surface area contributed by atoms with Crippen molar-refractivity contribution in [2.24, 2.45) is 0 Å². The number of hydrogen-bond acceptors (Lipinski definition) is 2. The van der Waals surface area contributed by atoms with Gasteiger partial charge in [0.2, 0.25) is 0 Å². The summed E-state index contributed by atoms with van der Waals surface area (Å²) in [7, 11) is 0. The normalized spacial score (nSPS) is 9.75. The Kier molecular flexibility index (Phi) is 1.25. The van der Waals surface area contributed by atoms with Crippen LogP contribution >= 0.6 is 15.9 Å². The summed E-state index contributed by atoms with van der Waals surface area (Å²) in [5.74, 6) is 5.26. The van der Waals surface area contributed by atoms with Crippen molar-refractivity contribution in [2.75, 3.05) is 5.84 Å². The summed E-state index contributed by atoms with van der Waals surface area (Å²) in [5.41, 5.74) is 0.910. The molecule has 0 aliphatic carbocycles. The fourth-order valence-electron chi connectivity index (χ4n) is 0.459. The van der Waals surface area contributed by atoms with Crippen molar-refractivity contribution in [1.29, 1.82) is 0 Å². The van der Waals surface area contributed by atoms with Crippen LogP contribution in [0.1, 0.15) is 5.69 Å². The SMILES string of the molecule is Cc1nn(N)cc1Br. The van der Waals surface area contributed by atoms with Crippen molar-refractivity contribution < 1.29 is 0 Å². The van der Waals surface area contributed by atoms with E-state index in [-0.39, 0.29) is 0 Å². The lowest BCUT2D eigenvalue weighted by Gasteiger charge is -1.80. The minimum Gasteiger partial charge on any atom is -0.323 e. The van der Waals surface area contributed by atoms with Crippen LogP contribution in [0.15, 0.2) is 10.7 Å². The molecule has 0 bridgehead atoms. The van der Waals surface area contributed by atoms with Gasteiger partial charge in [0, 0.05) is 0 Å². The van der Waals surface area contributed by atoms with E-state index in [0.717, 1.165) is 10.2 Å². The average molecular weight is 176 g/mol. The maximum atomic E-state index is 5.26. The second kappa shape index (κ2) is 1.78. The van der Waals surface area contributed by atoms with Gasteiger partial charge in [0.1, 0.15) is 0 Å². The Labute approximate surface area is 55.6 Å². The molecule has 0 spiro atoms. The minimum absolute atomic E-state index is 0.910. The van der Waals surface area contributed by atoms with E-state index in [0.29, 0.717) is 0 Å². The van der Waals surface area contributed by atoms with E-state index < -0.39 is 0 Å². The third kappa shape index (κ3) is 0.838. The van der Waals surface area contributed by atoms with Gasteiger partial charge in [-0.05, 0) is 22.9 Å². The Bertz CT molecular complexity index is 174. The monoisotopic (exact) mass is 175 g/mol. The van der Waals surface area contributed by atoms with Gasteiger partial charge in [-0.3, -0.25) is 0 Å². The van der Waals surface area contributed by atoms with E-state index in [1.165, 1.54) is 4.79 Å². The van der Waals surface area contributed by atoms with Crippen molar-refractivity contribution in [3.8, 4) is 0 Å². The Hall–Kier alpha value is -0.510. The maximum Gasteiger partial charge on any atom is 0.0756 e. The highest BCUT2D eigenvalue weighted by Gasteiger charge is 1.95. The summed E-state index contributed by atoms with van der Waals surface area (Å²) in [6, 6.07) is 0. The van der Waals surface area contributed by atoms with Gasteiger partial charge in [-0.15, -0.1) is 0 Å². The number of nitrogen functional groups attached to an aromatic ring is 1. The van der Waals surface area contributed by atoms with Crippen LogP contribution in [-0.2, 0) is 0 Å². The molecule has 2 N–H and O–H groups in total. The third-order valence-corrected chi connectivity index (χ3v) is 1.64. The molecule has 0 saturated carbocycles. The van der Waals surface area contributed by atoms with Crippen LogP contribution in [0, 0.1) is 6.92 Å². The van der Waals surface area contributed by atoms with Crippen molar-refractivity contribution in [2.45, 2.75) is 6.92 Å². The molecule has 0 amide bonds. The van der Waals surface area contributed by atoms with E-state index in [4.69, 9.17) is 5.84 Å². The molecule has 0 radical (unpaired) electrons. The van der Waals surface area contributed by atoms with Gasteiger partial charge in [-0.25, -0.2) is 0 Å². The van der Waals surface area contributed by atoms with Crippen LogP contribution in [0.4, 0.5) is 0 Å². The molecule has 3 nitrogen and oxygen atoms in total. The van der Waals surface area contributed by atoms with Crippen molar-refractivity contribution in [1.82, 2.24) is 9.89 Å². The van der Waals surface area contributed by atoms with Gasteiger partial charge in [-0.2, -0.15) is 9.89 Å². The number of aryl methyl sites for hydroxylation is 1. The molecular weight excluding hydrogens is 170 g/mol. The molecule has 8 heavy (non-hydrogen) atoms. The molecule has 4 heteroatoms. The largest absolute Gasteiger partial charge is 0.323 e. The lowest BCUT2D eigenvalue weighted by Crippen LogP contribution is -2.07. The first kappa shape index (κ1) is 5.62. The fourth-order valence-corrected chi connectivity index (χ4v) is 0.748. The summed E-state index contributed by atoms with van der Waals surface area (Å²) in [4.78, 5) is 1.28. The van der Waals surface area contributed by atoms with E-state index >= 15 is 0 Å². The van der Waals surface area contributed by atoms with Crippen molar-refractivity contribution in [3.05, 3.63) is 16.4 Å². The molecule has 44 valence electrons. The van der Waals surface area contributed by atoms with Crippen LogP contribution < -0.4 is 5.84 Å². The predicted octanol–water partition coefficient (Wildman–Crippen LogP) is 0.668. The zero-order chi connectivity index (χ0) is 6.15. The lowest BCUT2D eigenvalue weighted by molar-refractivity contribution is 0.817. The first-order chi connectivity index (χ1) is 3.70. The zero-order valence-electron chi connectivity index (χ0n) is 4.43. The van der Waals surface area contributed by atoms with Gasteiger partial charge in [0.25, 0.3) is 0 Å². The summed E-state index contributed by atoms with van der Waals surface area (Å²) < 4.78 is 0.944. The predicted molar refractivity (Wildman–Crippen MR) is 34.8 cm³/mol. The molecule has 0 saturated heterocycles. The quantitative estimate of drug-likeness (QED) is 0.590. The molecular formula is C4H6BrN3. The van der Waals surface area contributed by atoms with Crippen LogP contribution in [0.5, 0.6) is 0 Å². The standard InChI is InChI=1S/C4H6BrN3/c1-3-4(5)2-8(6)7-3/h2H,6H2,1H3. The number of hydrogen-bond donors (Lipinski definition) is 1. The second-order valence-electron chi connectivity index (χ2n) is 1.54. The van der Waals surface area contributed by atoms with Gasteiger partial charge in [0.15, 0.2) is 0 Å². The molecule has 0 aliphatic rings. The average Bonchev–Trinajstić information content (AvgIpc) is 1.85. The molecule has 0 unspecified atom stereocenters. The number of nitrogens with two attached hydrogens (primary N) is 1. The molecule has 0 atom stereocenters. The molecule has 1 heterocycles. The van der Waals surface area contributed by atoms with E-state index in [2.05, 4.69) is 21.0 Å². The Morgan fingerprint density at radius 2 is 2.50 bits per heavy atom. The van der Waals surface area contributed by atoms with E-state index in [9.17, 15) is 0 Å². The summed E-state index contributed by atoms with van der Waals surface area (Å²) >= 11 is 3.25. The number of rotatable bonds is 0. The molecule has 0 aromatic carbocycles. The highest BCUT2D eigenvalue weighted by atomic mass is 79.9.